The lowest BCUT2D eigenvalue weighted by Gasteiger charge is -2.19. The summed E-state index contributed by atoms with van der Waals surface area (Å²) in [5.41, 5.74) is 1.06. The van der Waals surface area contributed by atoms with Gasteiger partial charge in [-0.2, -0.15) is 0 Å². The molecule has 0 aliphatic heterocycles. The highest BCUT2D eigenvalue weighted by Gasteiger charge is 2.17. The molecule has 0 fully saturated rings. The van der Waals surface area contributed by atoms with Crippen LogP contribution in [0.1, 0.15) is 45.3 Å². The van der Waals surface area contributed by atoms with Gasteiger partial charge in [-0.25, -0.2) is 9.98 Å². The zero-order chi connectivity index (χ0) is 20.6. The van der Waals surface area contributed by atoms with Crippen molar-refractivity contribution < 1.29 is 9.47 Å². The van der Waals surface area contributed by atoms with Gasteiger partial charge >= 0.3 is 0 Å². The van der Waals surface area contributed by atoms with Gasteiger partial charge in [0.05, 0.1) is 30.9 Å². The average Bonchev–Trinajstić information content (AvgIpc) is 3.14. The minimum Gasteiger partial charge on any atom is -0.493 e. The van der Waals surface area contributed by atoms with E-state index in [1.54, 1.807) is 18.4 Å². The van der Waals surface area contributed by atoms with E-state index in [4.69, 9.17) is 14.5 Å². The number of hydrogen-bond donors (Lipinski definition) is 2. The molecular formula is C21H33IN4O2S. The molecule has 162 valence electrons. The summed E-state index contributed by atoms with van der Waals surface area (Å²) in [5, 5.41) is 9.82. The maximum absolute atomic E-state index is 5.99. The molecule has 6 nitrogen and oxygen atoms in total. The molecule has 2 aromatic rings. The number of aromatic nitrogens is 1. The van der Waals surface area contributed by atoms with Crippen LogP contribution in [-0.2, 0) is 12.0 Å². The van der Waals surface area contributed by atoms with Crippen molar-refractivity contribution in [2.24, 2.45) is 4.99 Å². The van der Waals surface area contributed by atoms with E-state index in [1.807, 2.05) is 38.1 Å². The molecule has 29 heavy (non-hydrogen) atoms. The first-order chi connectivity index (χ1) is 13.3. The number of thiazole rings is 1. The third-order valence-corrected chi connectivity index (χ3v) is 5.21. The Hall–Kier alpha value is -1.55. The van der Waals surface area contributed by atoms with Crippen LogP contribution < -0.4 is 20.1 Å². The molecule has 0 saturated carbocycles. The van der Waals surface area contributed by atoms with Crippen LogP contribution in [0.25, 0.3) is 0 Å². The molecule has 0 radical (unpaired) electrons. The van der Waals surface area contributed by atoms with Crippen LogP contribution in [0.2, 0.25) is 0 Å². The summed E-state index contributed by atoms with van der Waals surface area (Å²) in [6.07, 6.45) is -0.0491. The molecule has 0 saturated heterocycles. The fourth-order valence-electron chi connectivity index (χ4n) is 2.44. The van der Waals surface area contributed by atoms with Crippen molar-refractivity contribution in [3.05, 3.63) is 40.3 Å². The lowest BCUT2D eigenvalue weighted by Crippen LogP contribution is -2.41. The fraction of sp³-hybridized carbons (Fsp3) is 0.524. The van der Waals surface area contributed by atoms with Gasteiger partial charge in [0.15, 0.2) is 17.5 Å². The van der Waals surface area contributed by atoms with E-state index in [0.717, 1.165) is 34.7 Å². The Labute approximate surface area is 195 Å². The van der Waals surface area contributed by atoms with Crippen LogP contribution in [0.5, 0.6) is 11.5 Å². The van der Waals surface area contributed by atoms with Crippen LogP contribution in [-0.4, -0.2) is 37.2 Å². The maximum atomic E-state index is 5.99. The van der Waals surface area contributed by atoms with Gasteiger partial charge < -0.3 is 20.1 Å². The van der Waals surface area contributed by atoms with Gasteiger partial charge in [-0.1, -0.05) is 32.9 Å². The summed E-state index contributed by atoms with van der Waals surface area (Å²) in [5.74, 6) is 2.22. The standard InChI is InChI=1S/C21H32N4O2S.HI/c1-7-22-20(24-13-16-14-28-19(25-16)21(3,4)5)23-12-15(2)27-18-11-9-8-10-17(18)26-6;/h8-11,14-15H,7,12-13H2,1-6H3,(H2,22,23,24);1H. The van der Waals surface area contributed by atoms with Crippen molar-refractivity contribution in [2.45, 2.75) is 52.7 Å². The quantitative estimate of drug-likeness (QED) is 0.296. The lowest BCUT2D eigenvalue weighted by molar-refractivity contribution is 0.213. The summed E-state index contributed by atoms with van der Waals surface area (Å²) in [7, 11) is 1.64. The van der Waals surface area contributed by atoms with Crippen molar-refractivity contribution in [3.63, 3.8) is 0 Å². The Morgan fingerprint density at radius 2 is 1.90 bits per heavy atom. The molecular weight excluding hydrogens is 499 g/mol. The number of nitrogens with zero attached hydrogens (tertiary/aromatic N) is 2. The van der Waals surface area contributed by atoms with E-state index in [9.17, 15) is 0 Å². The first-order valence-corrected chi connectivity index (χ1v) is 10.5. The number of methoxy groups -OCH3 is 1. The number of benzene rings is 1. The molecule has 0 bridgehead atoms. The number of hydrogen-bond acceptors (Lipinski definition) is 5. The Morgan fingerprint density at radius 3 is 2.48 bits per heavy atom. The average molecular weight is 532 g/mol. The first kappa shape index (κ1) is 25.5. The Kier molecular flexibility index (Phi) is 10.7. The summed E-state index contributed by atoms with van der Waals surface area (Å²) >= 11 is 1.69. The maximum Gasteiger partial charge on any atom is 0.191 e. The van der Waals surface area contributed by atoms with Gasteiger partial charge in [-0.15, -0.1) is 35.3 Å². The molecule has 2 N–H and O–H groups in total. The third-order valence-electron chi connectivity index (χ3n) is 3.89. The Bertz CT molecular complexity index is 774. The fourth-order valence-corrected chi connectivity index (χ4v) is 3.34. The zero-order valence-corrected chi connectivity index (χ0v) is 21.3. The van der Waals surface area contributed by atoms with E-state index < -0.39 is 0 Å². The molecule has 1 atom stereocenters. The number of para-hydroxylation sites is 2. The minimum absolute atomic E-state index is 0. The summed E-state index contributed by atoms with van der Waals surface area (Å²) < 4.78 is 11.3. The van der Waals surface area contributed by atoms with Crippen molar-refractivity contribution in [2.75, 3.05) is 20.2 Å². The van der Waals surface area contributed by atoms with Crippen LogP contribution in [0.4, 0.5) is 0 Å². The molecule has 8 heteroatoms. The van der Waals surface area contributed by atoms with Gasteiger partial charge in [-0.05, 0) is 26.0 Å². The molecule has 1 aromatic carbocycles. The van der Waals surface area contributed by atoms with Gasteiger partial charge in [0, 0.05) is 17.3 Å². The van der Waals surface area contributed by atoms with Gasteiger partial charge in [0.1, 0.15) is 6.10 Å². The van der Waals surface area contributed by atoms with E-state index in [1.165, 1.54) is 0 Å². The Balaban J connectivity index is 0.00000420. The second kappa shape index (κ2) is 12.2. The van der Waals surface area contributed by atoms with Crippen molar-refractivity contribution in [1.82, 2.24) is 15.6 Å². The summed E-state index contributed by atoms with van der Waals surface area (Å²) in [6.45, 7) is 12.5. The highest BCUT2D eigenvalue weighted by molar-refractivity contribution is 14.0. The molecule has 1 aromatic heterocycles. The van der Waals surface area contributed by atoms with Crippen LogP contribution in [0.15, 0.2) is 34.6 Å². The highest BCUT2D eigenvalue weighted by Crippen LogP contribution is 2.27. The number of aliphatic imine (C=N–C) groups is 1. The van der Waals surface area contributed by atoms with Gasteiger partial charge in [0.25, 0.3) is 0 Å². The SMILES string of the molecule is CCNC(=NCc1csc(C(C)(C)C)n1)NCC(C)Oc1ccccc1OC.I. The van der Waals surface area contributed by atoms with Crippen molar-refractivity contribution in [1.29, 1.82) is 0 Å². The van der Waals surface area contributed by atoms with E-state index in [-0.39, 0.29) is 35.5 Å². The van der Waals surface area contributed by atoms with E-state index in [2.05, 4.69) is 41.8 Å². The first-order valence-electron chi connectivity index (χ1n) is 9.60. The normalized spacial score (nSPS) is 12.7. The Morgan fingerprint density at radius 1 is 1.21 bits per heavy atom. The molecule has 0 amide bonds. The second-order valence-electron chi connectivity index (χ2n) is 7.55. The monoisotopic (exact) mass is 532 g/mol. The largest absolute Gasteiger partial charge is 0.493 e. The van der Waals surface area contributed by atoms with Crippen LogP contribution in [0.3, 0.4) is 0 Å². The number of ether oxygens (including phenoxy) is 2. The summed E-state index contributed by atoms with van der Waals surface area (Å²) in [6, 6.07) is 7.65. The summed E-state index contributed by atoms with van der Waals surface area (Å²) in [4.78, 5) is 9.35. The lowest BCUT2D eigenvalue weighted by atomic mass is 9.98. The zero-order valence-electron chi connectivity index (χ0n) is 18.1. The molecule has 1 unspecified atom stereocenters. The predicted molar refractivity (Wildman–Crippen MR) is 132 cm³/mol. The molecule has 0 spiro atoms. The van der Waals surface area contributed by atoms with Crippen molar-refractivity contribution >= 4 is 41.3 Å². The highest BCUT2D eigenvalue weighted by atomic mass is 127. The third kappa shape index (κ3) is 8.38. The van der Waals surface area contributed by atoms with E-state index in [0.29, 0.717) is 13.1 Å². The number of nitrogens with one attached hydrogen (secondary N) is 2. The minimum atomic E-state index is -0.0491. The van der Waals surface area contributed by atoms with Crippen LogP contribution in [0, 0.1) is 0 Å². The predicted octanol–water partition coefficient (Wildman–Crippen LogP) is 4.59. The van der Waals surface area contributed by atoms with Crippen LogP contribution >= 0.6 is 35.3 Å². The molecule has 2 rings (SSSR count). The molecule has 0 aliphatic rings. The number of guanidine groups is 1. The second-order valence-corrected chi connectivity index (χ2v) is 8.41. The van der Waals surface area contributed by atoms with E-state index >= 15 is 0 Å². The smallest absolute Gasteiger partial charge is 0.191 e. The van der Waals surface area contributed by atoms with Gasteiger partial charge in [0.2, 0.25) is 0 Å². The molecule has 0 aliphatic carbocycles. The molecule has 1 heterocycles. The topological polar surface area (TPSA) is 67.8 Å². The number of rotatable bonds is 8. The van der Waals surface area contributed by atoms with Crippen molar-refractivity contribution in [3.8, 4) is 11.5 Å². The number of halogens is 1. The van der Waals surface area contributed by atoms with Gasteiger partial charge in [-0.3, -0.25) is 0 Å².